The molecule has 3 aromatic rings. The first-order valence-corrected chi connectivity index (χ1v) is 8.16. The van der Waals surface area contributed by atoms with Crippen LogP contribution >= 0.6 is 0 Å². The van der Waals surface area contributed by atoms with Gasteiger partial charge in [0.2, 0.25) is 0 Å². The second kappa shape index (κ2) is 5.64. The maximum absolute atomic E-state index is 11.9. The number of nitrogens with one attached hydrogen (secondary N) is 2. The van der Waals surface area contributed by atoms with Gasteiger partial charge in [-0.3, -0.25) is 9.78 Å². The number of aromatic nitrogens is 2. The van der Waals surface area contributed by atoms with Crippen molar-refractivity contribution in [2.24, 2.45) is 0 Å². The molecule has 1 aliphatic heterocycles. The molecule has 0 bridgehead atoms. The number of hydrogen-bond acceptors (Lipinski definition) is 2. The first-order chi connectivity index (χ1) is 11.6. The van der Waals surface area contributed by atoms with Crippen LogP contribution in [-0.4, -0.2) is 22.4 Å². The highest BCUT2D eigenvalue weighted by atomic mass is 16.1. The maximum Gasteiger partial charge on any atom is 0.253 e. The lowest BCUT2D eigenvalue weighted by molar-refractivity contribution is 0.0946. The van der Waals surface area contributed by atoms with Crippen LogP contribution < -0.4 is 5.32 Å². The molecule has 0 saturated carbocycles. The predicted molar refractivity (Wildman–Crippen MR) is 95.0 cm³/mol. The number of benzene rings is 1. The van der Waals surface area contributed by atoms with Crippen molar-refractivity contribution in [2.45, 2.75) is 20.3 Å². The summed E-state index contributed by atoms with van der Waals surface area (Å²) in [6.45, 7) is 4.91. The molecule has 0 fully saturated rings. The lowest BCUT2D eigenvalue weighted by Crippen LogP contribution is -2.31. The van der Waals surface area contributed by atoms with Crippen molar-refractivity contribution in [3.63, 3.8) is 0 Å². The number of rotatable bonds is 2. The van der Waals surface area contributed by atoms with E-state index in [1.165, 1.54) is 11.1 Å². The monoisotopic (exact) mass is 317 g/mol. The zero-order chi connectivity index (χ0) is 16.7. The van der Waals surface area contributed by atoms with Crippen LogP contribution in [0.5, 0.6) is 0 Å². The topological polar surface area (TPSA) is 57.8 Å². The summed E-state index contributed by atoms with van der Waals surface area (Å²) in [6.07, 6.45) is 2.66. The molecule has 4 nitrogen and oxygen atoms in total. The number of fused-ring (bicyclic) bond motifs is 1. The van der Waals surface area contributed by atoms with E-state index in [0.29, 0.717) is 6.54 Å². The second-order valence-electron chi connectivity index (χ2n) is 6.31. The molecule has 2 aromatic heterocycles. The molecule has 4 heteroatoms. The van der Waals surface area contributed by atoms with Crippen molar-refractivity contribution in [1.29, 1.82) is 0 Å². The molecule has 120 valence electrons. The molecule has 1 amide bonds. The first-order valence-electron chi connectivity index (χ1n) is 8.16. The van der Waals surface area contributed by atoms with Crippen molar-refractivity contribution in [3.05, 3.63) is 65.0 Å². The molecule has 24 heavy (non-hydrogen) atoms. The molecule has 0 atom stereocenters. The molecule has 0 saturated heterocycles. The highest BCUT2D eigenvalue weighted by molar-refractivity contribution is 5.97. The Bertz CT molecular complexity index is 940. The highest BCUT2D eigenvalue weighted by Gasteiger charge is 2.20. The fourth-order valence-electron chi connectivity index (χ4n) is 3.11. The van der Waals surface area contributed by atoms with Crippen molar-refractivity contribution in [1.82, 2.24) is 15.3 Å². The second-order valence-corrected chi connectivity index (χ2v) is 6.31. The normalized spacial score (nSPS) is 13.5. The fraction of sp³-hybridized carbons (Fsp3) is 0.200. The lowest BCUT2D eigenvalue weighted by Gasteiger charge is -2.11. The summed E-state index contributed by atoms with van der Waals surface area (Å²) in [6, 6.07) is 12.4. The lowest BCUT2D eigenvalue weighted by atomic mass is 10.0. The summed E-state index contributed by atoms with van der Waals surface area (Å²) in [5.74, 6) is 0.00203. The summed E-state index contributed by atoms with van der Waals surface area (Å²) in [7, 11) is 0. The minimum absolute atomic E-state index is 0.00203. The van der Waals surface area contributed by atoms with Crippen molar-refractivity contribution in [2.75, 3.05) is 6.54 Å². The zero-order valence-electron chi connectivity index (χ0n) is 13.8. The van der Waals surface area contributed by atoms with Crippen LogP contribution in [-0.2, 0) is 6.42 Å². The minimum atomic E-state index is 0.00203. The average molecular weight is 317 g/mol. The van der Waals surface area contributed by atoms with Crippen molar-refractivity contribution in [3.8, 4) is 22.5 Å². The quantitative estimate of drug-likeness (QED) is 0.758. The van der Waals surface area contributed by atoms with Crippen molar-refractivity contribution >= 4 is 5.91 Å². The van der Waals surface area contributed by atoms with Gasteiger partial charge in [-0.2, -0.15) is 0 Å². The van der Waals surface area contributed by atoms with E-state index in [0.717, 1.165) is 40.2 Å². The number of hydrogen-bond donors (Lipinski definition) is 2. The van der Waals surface area contributed by atoms with Crippen LogP contribution in [0.1, 0.15) is 27.2 Å². The summed E-state index contributed by atoms with van der Waals surface area (Å²) < 4.78 is 0. The van der Waals surface area contributed by atoms with Gasteiger partial charge < -0.3 is 10.3 Å². The van der Waals surface area contributed by atoms with E-state index in [4.69, 9.17) is 0 Å². The van der Waals surface area contributed by atoms with Crippen LogP contribution in [0.2, 0.25) is 0 Å². The van der Waals surface area contributed by atoms with Gasteiger partial charge in [0.15, 0.2) is 0 Å². The summed E-state index contributed by atoms with van der Waals surface area (Å²) in [5, 5.41) is 2.88. The number of aromatic amines is 1. The van der Waals surface area contributed by atoms with Crippen LogP contribution in [0, 0.1) is 13.8 Å². The van der Waals surface area contributed by atoms with Gasteiger partial charge in [-0.1, -0.05) is 12.1 Å². The van der Waals surface area contributed by atoms with Gasteiger partial charge in [-0.15, -0.1) is 0 Å². The highest BCUT2D eigenvalue weighted by Crippen LogP contribution is 2.27. The largest absolute Gasteiger partial charge is 0.358 e. The van der Waals surface area contributed by atoms with Gasteiger partial charge in [-0.25, -0.2) is 0 Å². The van der Waals surface area contributed by atoms with E-state index in [1.807, 2.05) is 18.3 Å². The van der Waals surface area contributed by atoms with Gasteiger partial charge in [-0.05, 0) is 49.2 Å². The van der Waals surface area contributed by atoms with E-state index < -0.39 is 0 Å². The molecular weight excluding hydrogens is 298 g/mol. The molecule has 0 spiro atoms. The Morgan fingerprint density at radius 2 is 1.88 bits per heavy atom. The first kappa shape index (κ1) is 14.7. The molecule has 1 aromatic carbocycles. The number of amides is 1. The molecule has 3 heterocycles. The Kier molecular flexibility index (Phi) is 3.45. The molecule has 2 N–H and O–H groups in total. The summed E-state index contributed by atoms with van der Waals surface area (Å²) >= 11 is 0. The van der Waals surface area contributed by atoms with E-state index >= 15 is 0 Å². The third-order valence-electron chi connectivity index (χ3n) is 4.68. The Labute approximate surface area is 141 Å². The van der Waals surface area contributed by atoms with E-state index in [-0.39, 0.29) is 5.91 Å². The minimum Gasteiger partial charge on any atom is -0.358 e. The number of carbonyl (C=O) groups is 1. The predicted octanol–water partition coefficient (Wildman–Crippen LogP) is 3.65. The van der Waals surface area contributed by atoms with Gasteiger partial charge in [0.25, 0.3) is 5.91 Å². The van der Waals surface area contributed by atoms with Gasteiger partial charge >= 0.3 is 0 Å². The number of H-pyrrole nitrogens is 1. The average Bonchev–Trinajstić information content (AvgIpc) is 3.03. The van der Waals surface area contributed by atoms with Crippen molar-refractivity contribution < 1.29 is 4.79 Å². The molecule has 0 radical (unpaired) electrons. The van der Waals surface area contributed by atoms with Gasteiger partial charge in [0, 0.05) is 41.7 Å². The third kappa shape index (κ3) is 2.50. The van der Waals surface area contributed by atoms with E-state index in [2.05, 4.69) is 53.4 Å². The Morgan fingerprint density at radius 3 is 2.67 bits per heavy atom. The van der Waals surface area contributed by atoms with Crippen LogP contribution in [0.15, 0.2) is 42.6 Å². The molecule has 0 aliphatic carbocycles. The molecule has 1 aliphatic rings. The number of aryl methyl sites for hydroxylation is 2. The van der Waals surface area contributed by atoms with E-state index in [1.54, 1.807) is 0 Å². The smallest absolute Gasteiger partial charge is 0.253 e. The third-order valence-corrected chi connectivity index (χ3v) is 4.68. The van der Waals surface area contributed by atoms with Gasteiger partial charge in [0.1, 0.15) is 0 Å². The Balaban J connectivity index is 1.75. The zero-order valence-corrected chi connectivity index (χ0v) is 13.8. The van der Waals surface area contributed by atoms with Crippen LogP contribution in [0.25, 0.3) is 22.5 Å². The van der Waals surface area contributed by atoms with E-state index in [9.17, 15) is 4.79 Å². The van der Waals surface area contributed by atoms with Gasteiger partial charge in [0.05, 0.1) is 11.3 Å². The Hall–Kier alpha value is -2.88. The summed E-state index contributed by atoms with van der Waals surface area (Å²) in [5.41, 5.74) is 8.34. The molecule has 0 unspecified atom stereocenters. The maximum atomic E-state index is 11.9. The number of nitrogens with zero attached hydrogens (tertiary/aromatic N) is 1. The number of pyridine rings is 1. The summed E-state index contributed by atoms with van der Waals surface area (Å²) in [4.78, 5) is 19.8. The molecule has 4 rings (SSSR count). The van der Waals surface area contributed by atoms with Crippen LogP contribution in [0.3, 0.4) is 0 Å². The standard InChI is InChI=1S/C20H19N3O/c1-12-3-4-14(9-13(12)2)18-10-15(5-7-21-18)19-11-16-17(23-19)6-8-22-20(16)24/h3-5,7,9-11,23H,6,8H2,1-2H3,(H,22,24). The van der Waals surface area contributed by atoms with Crippen LogP contribution in [0.4, 0.5) is 0 Å². The Morgan fingerprint density at radius 1 is 1.00 bits per heavy atom. The SMILES string of the molecule is Cc1ccc(-c2cc(-c3cc4c([nH]3)CCNC4=O)ccn2)cc1C. The number of carbonyl (C=O) groups excluding carboxylic acids is 1. The fourth-order valence-corrected chi connectivity index (χ4v) is 3.11. The molecular formula is C20H19N3O.